The number of carbonyl (C=O) groups is 2. The molecule has 0 saturated heterocycles. The molecule has 0 aliphatic carbocycles. The van der Waals surface area contributed by atoms with Gasteiger partial charge in [0.05, 0.1) is 12.7 Å². The van der Waals surface area contributed by atoms with E-state index in [1.165, 1.54) is 12.0 Å². The lowest BCUT2D eigenvalue weighted by molar-refractivity contribution is -0.141. The number of benzene rings is 1. The van der Waals surface area contributed by atoms with Crippen LogP contribution in [0.2, 0.25) is 0 Å². The van der Waals surface area contributed by atoms with E-state index in [4.69, 9.17) is 5.73 Å². The highest BCUT2D eigenvalue weighted by atomic mass is 16.5. The molecule has 0 fully saturated rings. The number of hydrogen-bond acceptors (Lipinski definition) is 4. The number of rotatable bonds is 4. The van der Waals surface area contributed by atoms with Crippen LogP contribution in [0.1, 0.15) is 24.2 Å². The molecule has 0 aliphatic heterocycles. The number of amides is 1. The van der Waals surface area contributed by atoms with Crippen LogP contribution in [-0.4, -0.2) is 41.5 Å². The number of nitrogen functional groups attached to an aromatic ring is 1. The minimum atomic E-state index is -0.448. The number of aromatic amines is 1. The third kappa shape index (κ3) is 2.99. The van der Waals surface area contributed by atoms with E-state index in [1.807, 2.05) is 19.9 Å². The molecule has 1 aromatic carbocycles. The molecular weight excluding hydrogens is 270 g/mol. The Morgan fingerprint density at radius 2 is 2.10 bits per heavy atom. The van der Waals surface area contributed by atoms with Gasteiger partial charge in [0.2, 0.25) is 0 Å². The molecule has 0 radical (unpaired) electrons. The fourth-order valence-corrected chi connectivity index (χ4v) is 2.16. The van der Waals surface area contributed by atoms with E-state index in [1.54, 1.807) is 18.3 Å². The van der Waals surface area contributed by atoms with Gasteiger partial charge in [-0.05, 0) is 32.0 Å². The molecule has 0 spiro atoms. The zero-order valence-corrected chi connectivity index (χ0v) is 12.3. The van der Waals surface area contributed by atoms with Crippen molar-refractivity contribution in [2.24, 2.45) is 0 Å². The summed E-state index contributed by atoms with van der Waals surface area (Å²) in [5.74, 6) is -0.677. The molecule has 112 valence electrons. The number of methoxy groups -OCH3 is 1. The Labute approximate surface area is 122 Å². The standard InChI is InChI=1S/C15H19N3O3/c1-9(2)18(8-14(19)21-3)15(20)12-7-17-13-5-4-10(16)6-11(12)13/h4-7,9,17H,8,16H2,1-3H3. The molecular formula is C15H19N3O3. The Morgan fingerprint density at radius 3 is 2.71 bits per heavy atom. The number of fused-ring (bicyclic) bond motifs is 1. The lowest BCUT2D eigenvalue weighted by atomic mass is 10.1. The van der Waals surface area contributed by atoms with Gasteiger partial charge in [0.1, 0.15) is 6.54 Å². The maximum Gasteiger partial charge on any atom is 0.325 e. The average molecular weight is 289 g/mol. The Hall–Kier alpha value is -2.50. The zero-order valence-electron chi connectivity index (χ0n) is 12.3. The van der Waals surface area contributed by atoms with Crippen LogP contribution >= 0.6 is 0 Å². The number of H-pyrrole nitrogens is 1. The first kappa shape index (κ1) is 14.9. The van der Waals surface area contributed by atoms with E-state index in [0.29, 0.717) is 11.3 Å². The number of nitrogens with zero attached hydrogens (tertiary/aromatic N) is 1. The molecule has 0 unspecified atom stereocenters. The molecule has 6 heteroatoms. The Kier molecular flexibility index (Phi) is 4.16. The predicted octanol–water partition coefficient (Wildman–Crippen LogP) is 1.77. The highest BCUT2D eigenvalue weighted by molar-refractivity contribution is 6.08. The SMILES string of the molecule is COC(=O)CN(C(=O)c1c[nH]c2ccc(N)cc12)C(C)C. The second-order valence-corrected chi connectivity index (χ2v) is 5.11. The monoisotopic (exact) mass is 289 g/mol. The third-order valence-corrected chi connectivity index (χ3v) is 3.35. The number of hydrogen-bond donors (Lipinski definition) is 2. The largest absolute Gasteiger partial charge is 0.468 e. The van der Waals surface area contributed by atoms with Crippen molar-refractivity contribution in [1.29, 1.82) is 0 Å². The first-order chi connectivity index (χ1) is 9.93. The molecule has 21 heavy (non-hydrogen) atoms. The van der Waals surface area contributed by atoms with Crippen LogP contribution in [0.25, 0.3) is 10.9 Å². The predicted molar refractivity (Wildman–Crippen MR) is 80.9 cm³/mol. The molecule has 6 nitrogen and oxygen atoms in total. The van der Waals surface area contributed by atoms with Crippen LogP contribution < -0.4 is 5.73 Å². The van der Waals surface area contributed by atoms with E-state index in [9.17, 15) is 9.59 Å². The molecule has 0 saturated carbocycles. The van der Waals surface area contributed by atoms with Gasteiger partial charge in [-0.3, -0.25) is 9.59 Å². The maximum absolute atomic E-state index is 12.7. The molecule has 0 aliphatic rings. The summed E-state index contributed by atoms with van der Waals surface area (Å²) in [5.41, 5.74) is 7.68. The lowest BCUT2D eigenvalue weighted by Gasteiger charge is -2.25. The smallest absolute Gasteiger partial charge is 0.325 e. The molecule has 1 aromatic heterocycles. The van der Waals surface area contributed by atoms with Crippen LogP contribution in [0.3, 0.4) is 0 Å². The summed E-state index contributed by atoms with van der Waals surface area (Å²) in [4.78, 5) is 28.7. The first-order valence-electron chi connectivity index (χ1n) is 6.68. The second kappa shape index (κ2) is 5.87. The minimum Gasteiger partial charge on any atom is -0.468 e. The van der Waals surface area contributed by atoms with E-state index in [-0.39, 0.29) is 18.5 Å². The van der Waals surface area contributed by atoms with Gasteiger partial charge in [-0.25, -0.2) is 0 Å². The summed E-state index contributed by atoms with van der Waals surface area (Å²) in [6.45, 7) is 3.62. The van der Waals surface area contributed by atoms with Crippen molar-refractivity contribution in [3.8, 4) is 0 Å². The summed E-state index contributed by atoms with van der Waals surface area (Å²) in [5, 5.41) is 0.746. The van der Waals surface area contributed by atoms with Crippen LogP contribution in [0.15, 0.2) is 24.4 Å². The molecule has 0 bridgehead atoms. The quantitative estimate of drug-likeness (QED) is 0.663. The van der Waals surface area contributed by atoms with Crippen molar-refractivity contribution >= 4 is 28.5 Å². The molecule has 2 rings (SSSR count). The summed E-state index contributed by atoms with van der Waals surface area (Å²) < 4.78 is 4.64. The van der Waals surface area contributed by atoms with E-state index < -0.39 is 5.97 Å². The zero-order chi connectivity index (χ0) is 15.6. The molecule has 0 atom stereocenters. The van der Waals surface area contributed by atoms with Gasteiger partial charge in [-0.15, -0.1) is 0 Å². The summed E-state index contributed by atoms with van der Waals surface area (Å²) in [7, 11) is 1.30. The first-order valence-corrected chi connectivity index (χ1v) is 6.68. The normalized spacial score (nSPS) is 10.9. The number of nitrogens with one attached hydrogen (secondary N) is 1. The number of anilines is 1. The highest BCUT2D eigenvalue weighted by Gasteiger charge is 2.24. The van der Waals surface area contributed by atoms with Gasteiger partial charge >= 0.3 is 5.97 Å². The molecule has 2 aromatic rings. The maximum atomic E-state index is 12.7. The Bertz CT molecular complexity index is 676. The third-order valence-electron chi connectivity index (χ3n) is 3.35. The number of aromatic nitrogens is 1. The van der Waals surface area contributed by atoms with Crippen LogP contribution in [0.5, 0.6) is 0 Å². The highest BCUT2D eigenvalue weighted by Crippen LogP contribution is 2.23. The van der Waals surface area contributed by atoms with Crippen LogP contribution in [-0.2, 0) is 9.53 Å². The van der Waals surface area contributed by atoms with Crippen molar-refractivity contribution in [2.45, 2.75) is 19.9 Å². The van der Waals surface area contributed by atoms with E-state index in [0.717, 1.165) is 10.9 Å². The molecule has 1 amide bonds. The van der Waals surface area contributed by atoms with Crippen molar-refractivity contribution in [1.82, 2.24) is 9.88 Å². The van der Waals surface area contributed by atoms with Gasteiger partial charge in [0.15, 0.2) is 0 Å². The van der Waals surface area contributed by atoms with Crippen molar-refractivity contribution < 1.29 is 14.3 Å². The fourth-order valence-electron chi connectivity index (χ4n) is 2.16. The van der Waals surface area contributed by atoms with E-state index >= 15 is 0 Å². The van der Waals surface area contributed by atoms with Gasteiger partial charge in [0.25, 0.3) is 5.91 Å². The van der Waals surface area contributed by atoms with Crippen molar-refractivity contribution in [3.05, 3.63) is 30.0 Å². The van der Waals surface area contributed by atoms with Crippen LogP contribution in [0, 0.1) is 0 Å². The summed E-state index contributed by atoms with van der Waals surface area (Å²) in [6.07, 6.45) is 1.64. The van der Waals surface area contributed by atoms with Crippen molar-refractivity contribution in [3.63, 3.8) is 0 Å². The Morgan fingerprint density at radius 1 is 1.38 bits per heavy atom. The minimum absolute atomic E-state index is 0.0814. The van der Waals surface area contributed by atoms with Crippen LogP contribution in [0.4, 0.5) is 5.69 Å². The fraction of sp³-hybridized carbons (Fsp3) is 0.333. The number of nitrogens with two attached hydrogens (primary N) is 1. The molecule has 1 heterocycles. The number of carbonyl (C=O) groups excluding carboxylic acids is 2. The molecule has 3 N–H and O–H groups in total. The van der Waals surface area contributed by atoms with Gasteiger partial charge < -0.3 is 20.4 Å². The van der Waals surface area contributed by atoms with Crippen molar-refractivity contribution in [2.75, 3.05) is 19.4 Å². The van der Waals surface area contributed by atoms with Gasteiger partial charge in [-0.2, -0.15) is 0 Å². The summed E-state index contributed by atoms with van der Waals surface area (Å²) >= 11 is 0. The second-order valence-electron chi connectivity index (χ2n) is 5.11. The average Bonchev–Trinajstić information content (AvgIpc) is 2.86. The number of ether oxygens (including phenoxy) is 1. The topological polar surface area (TPSA) is 88.4 Å². The Balaban J connectivity index is 2.39. The summed E-state index contributed by atoms with van der Waals surface area (Å²) in [6, 6.07) is 5.21. The number of esters is 1. The van der Waals surface area contributed by atoms with Gasteiger partial charge in [-0.1, -0.05) is 0 Å². The van der Waals surface area contributed by atoms with Gasteiger partial charge in [0, 0.05) is 28.8 Å². The lowest BCUT2D eigenvalue weighted by Crippen LogP contribution is -2.41. The van der Waals surface area contributed by atoms with E-state index in [2.05, 4.69) is 9.72 Å².